The van der Waals surface area contributed by atoms with Crippen molar-refractivity contribution in [3.63, 3.8) is 0 Å². The van der Waals surface area contributed by atoms with E-state index in [1.54, 1.807) is 4.90 Å². The number of nitriles is 1. The smallest absolute Gasteiger partial charge is 0.333 e. The Morgan fingerprint density at radius 3 is 2.22 bits per heavy atom. The average molecular weight is 452 g/mol. The number of likely N-dealkylation sites (tertiary alicyclic amines) is 1. The Morgan fingerprint density at radius 1 is 1.09 bits per heavy atom. The summed E-state index contributed by atoms with van der Waals surface area (Å²) in [6.07, 6.45) is -3.30. The number of fused-ring (bicyclic) bond motifs is 2. The van der Waals surface area contributed by atoms with Crippen LogP contribution in [0.1, 0.15) is 48.0 Å². The van der Waals surface area contributed by atoms with Crippen LogP contribution < -0.4 is 5.73 Å². The molecule has 2 bridgehead atoms. The van der Waals surface area contributed by atoms with E-state index in [2.05, 4.69) is 0 Å². The maximum Gasteiger partial charge on any atom is 0.416 e. The van der Waals surface area contributed by atoms with Gasteiger partial charge in [0, 0.05) is 24.1 Å². The molecule has 0 aliphatic carbocycles. The van der Waals surface area contributed by atoms with Crippen molar-refractivity contribution in [2.75, 3.05) is 6.54 Å². The largest absolute Gasteiger partial charge is 0.416 e. The Labute approximate surface area is 182 Å². The molecule has 3 aliphatic heterocycles. The monoisotopic (exact) mass is 452 g/mol. The third-order valence-electron chi connectivity index (χ3n) is 6.94. The van der Waals surface area contributed by atoms with E-state index in [0.29, 0.717) is 12.8 Å². The van der Waals surface area contributed by atoms with Crippen LogP contribution in [-0.4, -0.2) is 58.5 Å². The molecule has 0 radical (unpaired) electrons. The Morgan fingerprint density at radius 2 is 1.69 bits per heavy atom. The summed E-state index contributed by atoms with van der Waals surface area (Å²) in [6, 6.07) is 4.10. The van der Waals surface area contributed by atoms with Crippen LogP contribution in [-0.2, 0) is 11.0 Å². The standard InChI is InChI=1S/C22H24F4N4O2/c23-15-9-18(10-27)29(11-15)21(32)19(28)13-7-16-5-6-17(8-13)30(16)20(31)12-1-3-14(4-2-12)22(24,25)26/h1-4,13,15-19H,5-9,11,28H2/t13?,15-,16?,17?,18-,19-/m0/s1. The summed E-state index contributed by atoms with van der Waals surface area (Å²) in [5.41, 5.74) is 5.62. The molecule has 32 heavy (non-hydrogen) atoms. The fraction of sp³-hybridized carbons (Fsp3) is 0.591. The van der Waals surface area contributed by atoms with Crippen molar-refractivity contribution >= 4 is 11.8 Å². The summed E-state index contributed by atoms with van der Waals surface area (Å²) in [7, 11) is 0. The Hall–Kier alpha value is -2.67. The second-order valence-corrected chi connectivity index (χ2v) is 8.90. The highest BCUT2D eigenvalue weighted by atomic mass is 19.4. The first-order valence-electron chi connectivity index (χ1n) is 10.7. The molecule has 3 heterocycles. The molecule has 6 nitrogen and oxygen atoms in total. The normalized spacial score (nSPS) is 30.8. The zero-order valence-corrected chi connectivity index (χ0v) is 17.3. The van der Waals surface area contributed by atoms with Gasteiger partial charge in [-0.15, -0.1) is 0 Å². The van der Waals surface area contributed by atoms with Crippen molar-refractivity contribution in [1.29, 1.82) is 5.26 Å². The molecule has 4 rings (SSSR count). The van der Waals surface area contributed by atoms with E-state index in [0.717, 1.165) is 25.0 Å². The van der Waals surface area contributed by atoms with E-state index >= 15 is 0 Å². The first kappa shape index (κ1) is 22.5. The number of hydrogen-bond donors (Lipinski definition) is 1. The van der Waals surface area contributed by atoms with Crippen LogP contribution in [0.25, 0.3) is 0 Å². The fourth-order valence-corrected chi connectivity index (χ4v) is 5.34. The van der Waals surface area contributed by atoms with Gasteiger partial charge in [0.1, 0.15) is 12.2 Å². The molecule has 0 saturated carbocycles. The maximum atomic E-state index is 13.7. The summed E-state index contributed by atoms with van der Waals surface area (Å²) >= 11 is 0. The molecule has 0 spiro atoms. The average Bonchev–Trinajstić information content (AvgIpc) is 3.27. The molecular formula is C22H24F4N4O2. The molecule has 3 fully saturated rings. The summed E-state index contributed by atoms with van der Waals surface area (Å²) in [5, 5.41) is 9.20. The number of benzene rings is 1. The van der Waals surface area contributed by atoms with Gasteiger partial charge in [-0.1, -0.05) is 0 Å². The van der Waals surface area contributed by atoms with Gasteiger partial charge in [0.25, 0.3) is 5.91 Å². The zero-order valence-electron chi connectivity index (χ0n) is 17.3. The van der Waals surface area contributed by atoms with Crippen LogP contribution >= 0.6 is 0 Å². The molecule has 3 saturated heterocycles. The molecule has 5 atom stereocenters. The predicted molar refractivity (Wildman–Crippen MR) is 106 cm³/mol. The number of nitrogens with two attached hydrogens (primary N) is 1. The van der Waals surface area contributed by atoms with E-state index in [-0.39, 0.29) is 42.4 Å². The highest BCUT2D eigenvalue weighted by Crippen LogP contribution is 2.41. The number of halogens is 4. The van der Waals surface area contributed by atoms with E-state index in [4.69, 9.17) is 5.73 Å². The molecule has 10 heteroatoms. The minimum atomic E-state index is -4.47. The number of carbonyl (C=O) groups is 2. The lowest BCUT2D eigenvalue weighted by atomic mass is 9.84. The first-order valence-corrected chi connectivity index (χ1v) is 10.7. The first-order chi connectivity index (χ1) is 15.1. The van der Waals surface area contributed by atoms with Crippen molar-refractivity contribution in [2.24, 2.45) is 11.7 Å². The van der Waals surface area contributed by atoms with E-state index < -0.39 is 35.9 Å². The van der Waals surface area contributed by atoms with Crippen LogP contribution in [0.3, 0.4) is 0 Å². The highest BCUT2D eigenvalue weighted by molar-refractivity contribution is 5.95. The Balaban J connectivity index is 1.44. The number of rotatable bonds is 3. The molecule has 1 aromatic rings. The van der Waals surface area contributed by atoms with Gasteiger partial charge in [0.15, 0.2) is 0 Å². The van der Waals surface area contributed by atoms with Crippen LogP contribution in [0.2, 0.25) is 0 Å². The molecule has 2 N–H and O–H groups in total. The van der Waals surface area contributed by atoms with Gasteiger partial charge in [0.2, 0.25) is 5.91 Å². The van der Waals surface area contributed by atoms with Gasteiger partial charge < -0.3 is 15.5 Å². The highest BCUT2D eigenvalue weighted by Gasteiger charge is 2.47. The summed E-state index contributed by atoms with van der Waals surface area (Å²) in [4.78, 5) is 28.8. The SMILES string of the molecule is N#C[C@@H]1C[C@H](F)CN1C(=O)[C@@H](N)C1CC2CCC(C1)N2C(=O)c1ccc(C(F)(F)F)cc1. The van der Waals surface area contributed by atoms with Crippen LogP contribution in [0.15, 0.2) is 24.3 Å². The van der Waals surface area contributed by atoms with Gasteiger partial charge in [-0.2, -0.15) is 18.4 Å². The molecular weight excluding hydrogens is 428 g/mol. The van der Waals surface area contributed by atoms with Crippen molar-refractivity contribution in [3.05, 3.63) is 35.4 Å². The lowest BCUT2D eigenvalue weighted by molar-refractivity contribution is -0.137. The number of carbonyl (C=O) groups excluding carboxylic acids is 2. The van der Waals surface area contributed by atoms with Crippen molar-refractivity contribution in [3.8, 4) is 6.07 Å². The van der Waals surface area contributed by atoms with E-state index in [9.17, 15) is 32.4 Å². The number of alkyl halides is 4. The number of piperidine rings is 1. The number of nitrogens with zero attached hydrogens (tertiary/aromatic N) is 3. The van der Waals surface area contributed by atoms with Gasteiger partial charge in [-0.05, 0) is 55.9 Å². The molecule has 0 aromatic heterocycles. The number of hydrogen-bond acceptors (Lipinski definition) is 4. The van der Waals surface area contributed by atoms with E-state index in [1.807, 2.05) is 6.07 Å². The summed E-state index contributed by atoms with van der Waals surface area (Å²) < 4.78 is 52.1. The van der Waals surface area contributed by atoms with Crippen LogP contribution in [0, 0.1) is 17.2 Å². The Kier molecular flexibility index (Phi) is 5.88. The van der Waals surface area contributed by atoms with Crippen molar-refractivity contribution in [1.82, 2.24) is 9.80 Å². The maximum absolute atomic E-state index is 13.7. The van der Waals surface area contributed by atoms with Gasteiger partial charge in [0.05, 0.1) is 24.2 Å². The second kappa shape index (κ2) is 8.35. The molecule has 2 amide bonds. The molecule has 172 valence electrons. The molecule has 1 aromatic carbocycles. The van der Waals surface area contributed by atoms with Gasteiger partial charge >= 0.3 is 6.18 Å². The minimum Gasteiger partial charge on any atom is -0.333 e. The molecule has 2 unspecified atom stereocenters. The van der Waals surface area contributed by atoms with Crippen molar-refractivity contribution < 1.29 is 27.2 Å². The van der Waals surface area contributed by atoms with Gasteiger partial charge in [-0.3, -0.25) is 9.59 Å². The Bertz CT molecular complexity index is 915. The quantitative estimate of drug-likeness (QED) is 0.714. The lowest BCUT2D eigenvalue weighted by Crippen LogP contribution is -2.55. The van der Waals surface area contributed by atoms with Crippen LogP contribution in [0.4, 0.5) is 17.6 Å². The minimum absolute atomic E-state index is 0.0136. The second-order valence-electron chi connectivity index (χ2n) is 8.90. The number of amides is 2. The van der Waals surface area contributed by atoms with Gasteiger partial charge in [-0.25, -0.2) is 4.39 Å². The molecule has 3 aliphatic rings. The fourth-order valence-electron chi connectivity index (χ4n) is 5.34. The van der Waals surface area contributed by atoms with Crippen molar-refractivity contribution in [2.45, 2.75) is 68.6 Å². The zero-order chi connectivity index (χ0) is 23.2. The third-order valence-corrected chi connectivity index (χ3v) is 6.94. The lowest BCUT2D eigenvalue weighted by Gasteiger charge is -2.41. The summed E-state index contributed by atoms with van der Waals surface area (Å²) in [5.74, 6) is -0.979. The third kappa shape index (κ3) is 4.06. The summed E-state index contributed by atoms with van der Waals surface area (Å²) in [6.45, 7) is -0.136. The topological polar surface area (TPSA) is 90.4 Å². The van der Waals surface area contributed by atoms with E-state index in [1.165, 1.54) is 17.0 Å². The van der Waals surface area contributed by atoms with Crippen LogP contribution in [0.5, 0.6) is 0 Å². The predicted octanol–water partition coefficient (Wildman–Crippen LogP) is 2.88.